The van der Waals surface area contributed by atoms with Gasteiger partial charge in [0.2, 0.25) is 0 Å². The first-order chi connectivity index (χ1) is 12.7. The van der Waals surface area contributed by atoms with Crippen LogP contribution in [0.5, 0.6) is 0 Å². The molecule has 1 atom stereocenters. The highest BCUT2D eigenvalue weighted by Crippen LogP contribution is 2.42. The smallest absolute Gasteiger partial charge is 0.115 e. The number of aromatic nitrogens is 1. The van der Waals surface area contributed by atoms with Gasteiger partial charge in [0.05, 0.1) is 17.1 Å². The molecule has 1 aromatic heterocycles. The Balaban J connectivity index is 1.51. The zero-order chi connectivity index (χ0) is 18.0. The minimum absolute atomic E-state index is 0.0698. The third kappa shape index (κ3) is 3.16. The van der Waals surface area contributed by atoms with Crippen LogP contribution in [-0.2, 0) is 5.54 Å². The van der Waals surface area contributed by atoms with Crippen molar-refractivity contribution in [1.29, 1.82) is 0 Å². The lowest BCUT2D eigenvalue weighted by atomic mass is 9.89. The fraction of sp³-hybridized carbons (Fsp3) is 0.435. The van der Waals surface area contributed by atoms with Gasteiger partial charge in [0, 0.05) is 25.8 Å². The summed E-state index contributed by atoms with van der Waals surface area (Å²) in [5.41, 5.74) is 5.10. The number of aliphatic imine (C=N–C) groups is 1. The van der Waals surface area contributed by atoms with Crippen molar-refractivity contribution in [1.82, 2.24) is 9.47 Å². The Bertz CT molecular complexity index is 805. The van der Waals surface area contributed by atoms with Gasteiger partial charge in [0.15, 0.2) is 0 Å². The molecule has 1 aromatic rings. The maximum atomic E-state index is 5.32. The van der Waals surface area contributed by atoms with Crippen LogP contribution in [0.15, 0.2) is 65.9 Å². The van der Waals surface area contributed by atoms with Crippen molar-refractivity contribution < 1.29 is 0 Å². The van der Waals surface area contributed by atoms with Crippen molar-refractivity contribution in [2.45, 2.75) is 44.6 Å². The number of fused-ring (bicyclic) bond motifs is 4. The number of hydrogen-bond donors (Lipinski definition) is 0. The zero-order valence-corrected chi connectivity index (χ0v) is 15.8. The van der Waals surface area contributed by atoms with Crippen molar-refractivity contribution >= 4 is 11.4 Å². The summed E-state index contributed by atoms with van der Waals surface area (Å²) in [5, 5.41) is 0. The Labute approximate surface area is 157 Å². The zero-order valence-electron chi connectivity index (χ0n) is 15.8. The van der Waals surface area contributed by atoms with E-state index in [1.54, 1.807) is 0 Å². The molecule has 26 heavy (non-hydrogen) atoms. The molecule has 0 aromatic carbocycles. The Morgan fingerprint density at radius 2 is 2.31 bits per heavy atom. The first kappa shape index (κ1) is 17.3. The number of likely N-dealkylation sites (tertiary alicyclic amines) is 1. The molecular formula is C23H29N3. The molecule has 1 spiro atoms. The molecule has 0 amide bonds. The van der Waals surface area contributed by atoms with Gasteiger partial charge in [-0.25, -0.2) is 0 Å². The van der Waals surface area contributed by atoms with Gasteiger partial charge in [0.25, 0.3) is 0 Å². The molecule has 0 N–H and O–H groups in total. The molecule has 3 nitrogen and oxygen atoms in total. The first-order valence-electron chi connectivity index (χ1n) is 9.93. The van der Waals surface area contributed by atoms with Crippen LogP contribution in [0.3, 0.4) is 0 Å². The molecule has 3 heterocycles. The van der Waals surface area contributed by atoms with E-state index in [1.807, 2.05) is 0 Å². The minimum atomic E-state index is -0.0698. The Morgan fingerprint density at radius 3 is 3.19 bits per heavy atom. The average molecular weight is 348 g/mol. The second kappa shape index (κ2) is 7.24. The maximum absolute atomic E-state index is 5.32. The van der Waals surface area contributed by atoms with Crippen LogP contribution >= 0.6 is 0 Å². The van der Waals surface area contributed by atoms with Crippen LogP contribution in [-0.4, -0.2) is 34.8 Å². The largest absolute Gasteiger partial charge is 0.317 e. The minimum Gasteiger partial charge on any atom is -0.317 e. The van der Waals surface area contributed by atoms with E-state index in [1.165, 1.54) is 35.5 Å². The lowest BCUT2D eigenvalue weighted by molar-refractivity contribution is 0.333. The Kier molecular flexibility index (Phi) is 4.82. The molecular weight excluding hydrogens is 318 g/mol. The van der Waals surface area contributed by atoms with Crippen molar-refractivity contribution in [3.05, 3.63) is 66.6 Å². The number of hydrogen-bond acceptors (Lipinski definition) is 2. The third-order valence-electron chi connectivity index (χ3n) is 5.65. The van der Waals surface area contributed by atoms with E-state index in [9.17, 15) is 0 Å². The number of rotatable bonds is 5. The Hall–Kier alpha value is -2.13. The fourth-order valence-corrected chi connectivity index (χ4v) is 4.44. The summed E-state index contributed by atoms with van der Waals surface area (Å²) in [6, 6.07) is 4.44. The third-order valence-corrected chi connectivity index (χ3v) is 5.65. The van der Waals surface area contributed by atoms with Crippen LogP contribution in [0.1, 0.15) is 44.7 Å². The SMILES string of the molecule is C=C(C=CC=CCC)CN1CCC2(C1)N=C1CCCC=C1n1cccc12. The summed E-state index contributed by atoms with van der Waals surface area (Å²) >= 11 is 0. The van der Waals surface area contributed by atoms with Crippen LogP contribution in [0.2, 0.25) is 0 Å². The van der Waals surface area contributed by atoms with E-state index in [4.69, 9.17) is 4.99 Å². The highest BCUT2D eigenvalue weighted by atomic mass is 15.2. The van der Waals surface area contributed by atoms with Gasteiger partial charge >= 0.3 is 0 Å². The summed E-state index contributed by atoms with van der Waals surface area (Å²) in [5.74, 6) is 0. The predicted octanol–water partition coefficient (Wildman–Crippen LogP) is 4.95. The van der Waals surface area contributed by atoms with E-state index < -0.39 is 0 Å². The summed E-state index contributed by atoms with van der Waals surface area (Å²) in [7, 11) is 0. The quantitative estimate of drug-likeness (QED) is 0.691. The lowest BCUT2D eigenvalue weighted by Crippen LogP contribution is -2.37. The van der Waals surface area contributed by atoms with Gasteiger partial charge in [-0.2, -0.15) is 0 Å². The highest BCUT2D eigenvalue weighted by molar-refractivity contribution is 6.20. The van der Waals surface area contributed by atoms with Crippen LogP contribution in [0.4, 0.5) is 0 Å². The van der Waals surface area contributed by atoms with Gasteiger partial charge in [-0.1, -0.05) is 43.9 Å². The van der Waals surface area contributed by atoms with Crippen molar-refractivity contribution in [3.63, 3.8) is 0 Å². The van der Waals surface area contributed by atoms with E-state index >= 15 is 0 Å². The van der Waals surface area contributed by atoms with Gasteiger partial charge in [-0.05, 0) is 49.8 Å². The molecule has 2 aliphatic heterocycles. The lowest BCUT2D eigenvalue weighted by Gasteiger charge is -2.35. The van der Waals surface area contributed by atoms with Gasteiger partial charge in [0.1, 0.15) is 5.54 Å². The highest BCUT2D eigenvalue weighted by Gasteiger charge is 2.44. The van der Waals surface area contributed by atoms with Gasteiger partial charge in [-0.3, -0.25) is 9.89 Å². The average Bonchev–Trinajstić information content (AvgIpc) is 3.28. The topological polar surface area (TPSA) is 20.5 Å². The number of allylic oxidation sites excluding steroid dienone is 5. The van der Waals surface area contributed by atoms with Crippen molar-refractivity contribution in [2.24, 2.45) is 4.99 Å². The molecule has 1 saturated heterocycles. The van der Waals surface area contributed by atoms with E-state index in [2.05, 4.69) is 71.7 Å². The second-order valence-corrected chi connectivity index (χ2v) is 7.65. The number of nitrogens with zero attached hydrogens (tertiary/aromatic N) is 3. The molecule has 3 heteroatoms. The van der Waals surface area contributed by atoms with Gasteiger partial charge < -0.3 is 4.57 Å². The molecule has 136 valence electrons. The molecule has 1 aliphatic carbocycles. The first-order valence-corrected chi connectivity index (χ1v) is 9.93. The van der Waals surface area contributed by atoms with E-state index in [0.29, 0.717) is 0 Å². The fourth-order valence-electron chi connectivity index (χ4n) is 4.44. The Morgan fingerprint density at radius 1 is 1.38 bits per heavy atom. The summed E-state index contributed by atoms with van der Waals surface area (Å²) in [6.07, 6.45) is 18.8. The van der Waals surface area contributed by atoms with E-state index in [0.717, 1.165) is 38.9 Å². The predicted molar refractivity (Wildman–Crippen MR) is 110 cm³/mol. The standard InChI is InChI=1S/C23H29N3/c1-3-4-5-6-10-19(2)17-25-16-14-23(18-25)22-13-9-15-26(22)21-12-8-7-11-20(21)24-23/h4-6,9-10,12-13,15H,2-3,7-8,11,14,16-18H2,1H3. The summed E-state index contributed by atoms with van der Waals surface area (Å²) in [6.45, 7) is 9.38. The molecule has 3 aliphatic rings. The van der Waals surface area contributed by atoms with Crippen LogP contribution in [0, 0.1) is 0 Å². The monoisotopic (exact) mass is 347 g/mol. The normalized spacial score (nSPS) is 25.6. The van der Waals surface area contributed by atoms with Crippen molar-refractivity contribution in [2.75, 3.05) is 19.6 Å². The molecule has 1 fully saturated rings. The van der Waals surface area contributed by atoms with Crippen LogP contribution in [0.25, 0.3) is 5.70 Å². The maximum Gasteiger partial charge on any atom is 0.115 e. The van der Waals surface area contributed by atoms with Crippen molar-refractivity contribution in [3.8, 4) is 0 Å². The molecule has 1 unspecified atom stereocenters. The molecule has 0 radical (unpaired) electrons. The molecule has 0 saturated carbocycles. The van der Waals surface area contributed by atoms with Gasteiger partial charge in [-0.15, -0.1) is 0 Å². The molecule has 0 bridgehead atoms. The summed E-state index contributed by atoms with van der Waals surface area (Å²) in [4.78, 5) is 7.83. The van der Waals surface area contributed by atoms with E-state index in [-0.39, 0.29) is 5.54 Å². The summed E-state index contributed by atoms with van der Waals surface area (Å²) < 4.78 is 2.40. The molecule has 4 rings (SSSR count). The van der Waals surface area contributed by atoms with Crippen LogP contribution < -0.4 is 0 Å². The second-order valence-electron chi connectivity index (χ2n) is 7.65.